The van der Waals surface area contributed by atoms with Crippen LogP contribution in [0.1, 0.15) is 19.4 Å². The number of thiocarbonyl (C=S) groups is 1. The second kappa shape index (κ2) is 9.52. The minimum absolute atomic E-state index is 0.110. The number of carbonyl (C=O) groups is 1. The molecule has 1 aromatic rings. The SMILES string of the molecule is CCOP(=O)(OCC)/C(=C/NC(=S)c1cccnc1)C(=O)OC. The minimum atomic E-state index is -3.80. The second-order valence-electron chi connectivity index (χ2n) is 4.07. The van der Waals surface area contributed by atoms with Crippen molar-refractivity contribution >= 4 is 30.8 Å². The van der Waals surface area contributed by atoms with Gasteiger partial charge in [-0.1, -0.05) is 12.2 Å². The van der Waals surface area contributed by atoms with Crippen LogP contribution in [0.4, 0.5) is 0 Å². The Labute approximate surface area is 140 Å². The molecule has 0 amide bonds. The first-order chi connectivity index (χ1) is 11.0. The molecule has 1 heterocycles. The van der Waals surface area contributed by atoms with Crippen LogP contribution in [0.3, 0.4) is 0 Å². The number of ether oxygens (including phenoxy) is 1. The zero-order valence-electron chi connectivity index (χ0n) is 13.1. The van der Waals surface area contributed by atoms with E-state index in [9.17, 15) is 9.36 Å². The van der Waals surface area contributed by atoms with Crippen molar-refractivity contribution in [3.05, 3.63) is 41.6 Å². The molecule has 23 heavy (non-hydrogen) atoms. The molecule has 7 nitrogen and oxygen atoms in total. The van der Waals surface area contributed by atoms with Gasteiger partial charge in [-0.2, -0.15) is 0 Å². The van der Waals surface area contributed by atoms with Gasteiger partial charge in [0.25, 0.3) is 0 Å². The van der Waals surface area contributed by atoms with Gasteiger partial charge in [0.2, 0.25) is 0 Å². The van der Waals surface area contributed by atoms with Crippen LogP contribution in [0.15, 0.2) is 36.0 Å². The minimum Gasteiger partial charge on any atom is -0.465 e. The molecule has 1 aromatic heterocycles. The monoisotopic (exact) mass is 358 g/mol. The number of carbonyl (C=O) groups excluding carboxylic acids is 1. The highest BCUT2D eigenvalue weighted by molar-refractivity contribution is 7.80. The summed E-state index contributed by atoms with van der Waals surface area (Å²) in [6, 6.07) is 3.47. The zero-order chi connectivity index (χ0) is 17.3. The van der Waals surface area contributed by atoms with Gasteiger partial charge in [0.1, 0.15) is 4.99 Å². The molecule has 0 saturated heterocycles. The first kappa shape index (κ1) is 19.4. The summed E-state index contributed by atoms with van der Waals surface area (Å²) in [6.07, 6.45) is 4.36. The number of hydrogen-bond acceptors (Lipinski definition) is 7. The molecule has 0 aliphatic rings. The third kappa shape index (κ3) is 5.51. The fraction of sp³-hybridized carbons (Fsp3) is 0.357. The number of methoxy groups -OCH3 is 1. The van der Waals surface area contributed by atoms with Crippen LogP contribution < -0.4 is 5.32 Å². The average molecular weight is 358 g/mol. The van der Waals surface area contributed by atoms with Gasteiger partial charge in [0.15, 0.2) is 5.31 Å². The van der Waals surface area contributed by atoms with Crippen LogP contribution in [0, 0.1) is 0 Å². The molecule has 1 rings (SSSR count). The van der Waals surface area contributed by atoms with Crippen LogP contribution in [-0.4, -0.2) is 36.3 Å². The summed E-state index contributed by atoms with van der Waals surface area (Å²) in [5.74, 6) is -0.822. The number of pyridine rings is 1. The van der Waals surface area contributed by atoms with Crippen LogP contribution in [0.2, 0.25) is 0 Å². The molecule has 0 bridgehead atoms. The molecule has 0 saturated carbocycles. The quantitative estimate of drug-likeness (QED) is 0.328. The van der Waals surface area contributed by atoms with Gasteiger partial charge >= 0.3 is 13.6 Å². The lowest BCUT2D eigenvalue weighted by Crippen LogP contribution is -2.19. The Hall–Kier alpha value is -1.60. The van der Waals surface area contributed by atoms with Crippen molar-refractivity contribution in [3.63, 3.8) is 0 Å². The molecule has 0 radical (unpaired) electrons. The predicted molar refractivity (Wildman–Crippen MR) is 90.0 cm³/mol. The molecule has 0 aliphatic heterocycles. The highest BCUT2D eigenvalue weighted by Gasteiger charge is 2.36. The maximum Gasteiger partial charge on any atom is 0.370 e. The fourth-order valence-corrected chi connectivity index (χ4v) is 3.33. The van der Waals surface area contributed by atoms with E-state index in [2.05, 4.69) is 15.0 Å². The Morgan fingerprint density at radius 3 is 2.52 bits per heavy atom. The molecule has 1 N–H and O–H groups in total. The highest BCUT2D eigenvalue weighted by atomic mass is 32.1. The average Bonchev–Trinajstić information content (AvgIpc) is 2.55. The third-order valence-electron chi connectivity index (χ3n) is 2.55. The van der Waals surface area contributed by atoms with Crippen molar-refractivity contribution in [2.75, 3.05) is 20.3 Å². The van der Waals surface area contributed by atoms with E-state index in [0.717, 1.165) is 0 Å². The van der Waals surface area contributed by atoms with Crippen LogP contribution in [0.5, 0.6) is 0 Å². The van der Waals surface area contributed by atoms with Gasteiger partial charge in [0.05, 0.1) is 20.3 Å². The number of hydrogen-bond donors (Lipinski definition) is 1. The molecule has 126 valence electrons. The Balaban J connectivity index is 3.08. The zero-order valence-corrected chi connectivity index (χ0v) is 14.9. The Bertz CT molecular complexity index is 611. The summed E-state index contributed by atoms with van der Waals surface area (Å²) >= 11 is 5.19. The van der Waals surface area contributed by atoms with Crippen LogP contribution in [0.25, 0.3) is 0 Å². The first-order valence-electron chi connectivity index (χ1n) is 6.87. The summed E-state index contributed by atoms with van der Waals surface area (Å²) in [6.45, 7) is 3.51. The normalized spacial score (nSPS) is 11.9. The summed E-state index contributed by atoms with van der Waals surface area (Å²) < 4.78 is 27.7. The maximum atomic E-state index is 12.8. The maximum absolute atomic E-state index is 12.8. The van der Waals surface area contributed by atoms with Crippen LogP contribution in [-0.2, 0) is 23.1 Å². The third-order valence-corrected chi connectivity index (χ3v) is 5.00. The lowest BCUT2D eigenvalue weighted by atomic mass is 10.3. The second-order valence-corrected chi connectivity index (χ2v) is 6.47. The van der Waals surface area contributed by atoms with E-state index in [0.29, 0.717) is 10.6 Å². The predicted octanol–water partition coefficient (Wildman–Crippen LogP) is 2.63. The lowest BCUT2D eigenvalue weighted by molar-refractivity contribution is -0.135. The summed E-state index contributed by atoms with van der Waals surface area (Å²) in [4.78, 5) is 16.2. The van der Waals surface area contributed by atoms with E-state index >= 15 is 0 Å². The van der Waals surface area contributed by atoms with Crippen molar-refractivity contribution < 1.29 is 23.1 Å². The highest BCUT2D eigenvalue weighted by Crippen LogP contribution is 2.56. The van der Waals surface area contributed by atoms with Crippen molar-refractivity contribution in [1.29, 1.82) is 0 Å². The standard InChI is InChI=1S/C14H19N2O5PS/c1-4-20-22(18,21-5-2)12(14(17)19-3)10-16-13(23)11-7-6-8-15-9-11/h6-10H,4-5H2,1-3H3,(H,16,23)/b12-10+. The van der Waals surface area contributed by atoms with Gasteiger partial charge in [0, 0.05) is 24.2 Å². The molecule has 0 unspecified atom stereocenters. The molecule has 9 heteroatoms. The molecule has 0 aromatic carbocycles. The van der Waals surface area contributed by atoms with E-state index in [1.165, 1.54) is 13.3 Å². The van der Waals surface area contributed by atoms with E-state index in [1.54, 1.807) is 38.4 Å². The molecule has 0 aliphatic carbocycles. The summed E-state index contributed by atoms with van der Waals surface area (Å²) in [5, 5.41) is 2.48. The van der Waals surface area contributed by atoms with Crippen molar-refractivity contribution in [2.45, 2.75) is 13.8 Å². The van der Waals surface area contributed by atoms with Gasteiger partial charge in [-0.05, 0) is 26.0 Å². The van der Waals surface area contributed by atoms with Gasteiger partial charge in [-0.25, -0.2) is 4.79 Å². The van der Waals surface area contributed by atoms with Crippen molar-refractivity contribution in [1.82, 2.24) is 10.3 Å². The Morgan fingerprint density at radius 2 is 2.04 bits per heavy atom. The topological polar surface area (TPSA) is 86.8 Å². The van der Waals surface area contributed by atoms with Gasteiger partial charge < -0.3 is 19.1 Å². The number of nitrogens with one attached hydrogen (secondary N) is 1. The number of esters is 1. The van der Waals surface area contributed by atoms with Crippen molar-refractivity contribution in [3.8, 4) is 0 Å². The first-order valence-corrected chi connectivity index (χ1v) is 8.82. The summed E-state index contributed by atoms with van der Waals surface area (Å²) in [5.41, 5.74) is 0.644. The van der Waals surface area contributed by atoms with Crippen molar-refractivity contribution in [2.24, 2.45) is 0 Å². The Morgan fingerprint density at radius 1 is 1.39 bits per heavy atom. The number of aromatic nitrogens is 1. The molecular formula is C14H19N2O5PS. The molecule has 0 fully saturated rings. The fourth-order valence-electron chi connectivity index (χ4n) is 1.58. The number of rotatable bonds is 8. The largest absolute Gasteiger partial charge is 0.465 e. The van der Waals surface area contributed by atoms with E-state index in [-0.39, 0.29) is 18.5 Å². The molecular weight excluding hydrogens is 339 g/mol. The summed E-state index contributed by atoms with van der Waals surface area (Å²) in [7, 11) is -2.62. The van der Waals surface area contributed by atoms with E-state index in [4.69, 9.17) is 21.3 Å². The van der Waals surface area contributed by atoms with Gasteiger partial charge in [-0.15, -0.1) is 0 Å². The Kier molecular flexibility index (Phi) is 8.05. The number of nitrogens with zero attached hydrogens (tertiary/aromatic N) is 1. The molecule has 0 spiro atoms. The molecule has 0 atom stereocenters. The van der Waals surface area contributed by atoms with E-state index in [1.807, 2.05) is 0 Å². The van der Waals surface area contributed by atoms with Gasteiger partial charge in [-0.3, -0.25) is 9.55 Å². The van der Waals surface area contributed by atoms with Crippen LogP contribution >= 0.6 is 19.8 Å². The van der Waals surface area contributed by atoms with E-state index < -0.39 is 13.6 Å². The smallest absolute Gasteiger partial charge is 0.370 e. The lowest BCUT2D eigenvalue weighted by Gasteiger charge is -2.18.